The second-order valence-electron chi connectivity index (χ2n) is 5.38. The van der Waals surface area contributed by atoms with Crippen LogP contribution >= 0.6 is 12.6 Å². The van der Waals surface area contributed by atoms with Crippen LogP contribution in [0.4, 0.5) is 0 Å². The van der Waals surface area contributed by atoms with Gasteiger partial charge in [-0.2, -0.15) is 17.9 Å². The highest BCUT2D eigenvalue weighted by atomic mass is 32.2. The van der Waals surface area contributed by atoms with Gasteiger partial charge in [-0.1, -0.05) is 0 Å². The fourth-order valence-electron chi connectivity index (χ4n) is 1.37. The molecule has 0 aliphatic carbocycles. The molecule has 0 heterocycles. The number of nitrogens with one attached hydrogen (secondary N) is 1. The molecule has 0 aliphatic rings. The molecule has 10 heteroatoms. The summed E-state index contributed by atoms with van der Waals surface area (Å²) in [6.45, 7) is 2.76. The maximum Gasteiger partial charge on any atom is 0.329 e. The van der Waals surface area contributed by atoms with E-state index in [9.17, 15) is 18.0 Å². The lowest BCUT2D eigenvalue weighted by Gasteiger charge is -2.26. The molecule has 126 valence electrons. The SMILES string of the molecule is CC(C)(S)[C@H](N)C(=O)N[C@@H](CCS(C)(=O)=O)C(=O)OCC#N. The van der Waals surface area contributed by atoms with E-state index < -0.39 is 45.2 Å². The second kappa shape index (κ2) is 8.36. The van der Waals surface area contributed by atoms with Crippen molar-refractivity contribution in [2.24, 2.45) is 5.73 Å². The van der Waals surface area contributed by atoms with Crippen molar-refractivity contribution in [3.05, 3.63) is 0 Å². The van der Waals surface area contributed by atoms with Crippen LogP contribution in [-0.4, -0.2) is 55.7 Å². The molecular formula is C12H21N3O5S2. The Kier molecular flexibility index (Phi) is 7.86. The summed E-state index contributed by atoms with van der Waals surface area (Å²) in [5, 5.41) is 10.7. The molecule has 0 unspecified atom stereocenters. The highest BCUT2D eigenvalue weighted by molar-refractivity contribution is 7.90. The Labute approximate surface area is 135 Å². The summed E-state index contributed by atoms with van der Waals surface area (Å²) in [5.74, 6) is -1.87. The Bertz CT molecular complexity index is 548. The summed E-state index contributed by atoms with van der Waals surface area (Å²) in [4.78, 5) is 23.8. The van der Waals surface area contributed by atoms with E-state index in [2.05, 4.69) is 22.7 Å². The van der Waals surface area contributed by atoms with Crippen LogP contribution in [0.3, 0.4) is 0 Å². The Balaban J connectivity index is 4.96. The number of ether oxygens (including phenoxy) is 1. The molecule has 0 aliphatic heterocycles. The predicted octanol–water partition coefficient (Wildman–Crippen LogP) is -0.992. The van der Waals surface area contributed by atoms with E-state index in [1.165, 1.54) is 0 Å². The van der Waals surface area contributed by atoms with Gasteiger partial charge in [0.1, 0.15) is 21.9 Å². The quantitative estimate of drug-likeness (QED) is 0.377. The Morgan fingerprint density at radius 1 is 1.45 bits per heavy atom. The number of rotatable bonds is 8. The van der Waals surface area contributed by atoms with Gasteiger partial charge in [-0.15, -0.1) is 0 Å². The molecule has 2 atom stereocenters. The molecule has 22 heavy (non-hydrogen) atoms. The molecule has 0 fully saturated rings. The largest absolute Gasteiger partial charge is 0.449 e. The summed E-state index contributed by atoms with van der Waals surface area (Å²) in [6, 6.07) is -0.595. The number of nitrogens with two attached hydrogens (primary N) is 1. The average molecular weight is 351 g/mol. The molecular weight excluding hydrogens is 330 g/mol. The standard InChI is InChI=1S/C12H21N3O5S2/c1-12(2,21)9(14)10(16)15-8(4-7-22(3,18)19)11(17)20-6-5-13/h8-9,21H,4,6-7,14H2,1-3H3,(H,15,16)/t8-,9+/m0/s1. The van der Waals surface area contributed by atoms with Crippen LogP contribution in [0.5, 0.6) is 0 Å². The minimum Gasteiger partial charge on any atom is -0.449 e. The third-order valence-electron chi connectivity index (χ3n) is 2.70. The van der Waals surface area contributed by atoms with Crippen molar-refractivity contribution in [3.63, 3.8) is 0 Å². The smallest absolute Gasteiger partial charge is 0.329 e. The first-order valence-corrected chi connectivity index (χ1v) is 8.89. The lowest BCUT2D eigenvalue weighted by Crippen LogP contribution is -2.55. The van der Waals surface area contributed by atoms with Crippen molar-refractivity contribution < 1.29 is 22.7 Å². The number of thiol groups is 1. The van der Waals surface area contributed by atoms with Crippen molar-refractivity contribution in [3.8, 4) is 6.07 Å². The lowest BCUT2D eigenvalue weighted by atomic mass is 10.0. The fraction of sp³-hybridized carbons (Fsp3) is 0.750. The van der Waals surface area contributed by atoms with E-state index in [0.717, 1.165) is 6.26 Å². The summed E-state index contributed by atoms with van der Waals surface area (Å²) in [6.07, 6.45) is 0.837. The van der Waals surface area contributed by atoms with Crippen LogP contribution < -0.4 is 11.1 Å². The van der Waals surface area contributed by atoms with Gasteiger partial charge in [-0.3, -0.25) is 4.79 Å². The van der Waals surface area contributed by atoms with Crippen LogP contribution in [0.2, 0.25) is 0 Å². The summed E-state index contributed by atoms with van der Waals surface area (Å²) >= 11 is 4.18. The lowest BCUT2D eigenvalue weighted by molar-refractivity contribution is -0.146. The minimum atomic E-state index is -3.33. The first-order valence-electron chi connectivity index (χ1n) is 6.38. The van der Waals surface area contributed by atoms with Crippen molar-refractivity contribution in [2.45, 2.75) is 37.1 Å². The van der Waals surface area contributed by atoms with E-state index in [1.54, 1.807) is 19.9 Å². The van der Waals surface area contributed by atoms with Gasteiger partial charge in [0.25, 0.3) is 0 Å². The van der Waals surface area contributed by atoms with Gasteiger partial charge in [0.2, 0.25) is 5.91 Å². The van der Waals surface area contributed by atoms with E-state index in [1.807, 2.05) is 0 Å². The number of hydrogen-bond acceptors (Lipinski definition) is 8. The number of hydrogen-bond donors (Lipinski definition) is 3. The minimum absolute atomic E-state index is 0.172. The summed E-state index contributed by atoms with van der Waals surface area (Å²) < 4.78 is 26.2. The fourth-order valence-corrected chi connectivity index (χ4v) is 2.15. The zero-order valence-electron chi connectivity index (χ0n) is 12.7. The number of nitriles is 1. The molecule has 0 rings (SSSR count). The molecule has 3 N–H and O–H groups in total. The van der Waals surface area contributed by atoms with Crippen LogP contribution in [-0.2, 0) is 24.2 Å². The van der Waals surface area contributed by atoms with E-state index in [0.29, 0.717) is 0 Å². The third-order valence-corrected chi connectivity index (χ3v) is 3.96. The molecule has 0 aromatic carbocycles. The summed E-state index contributed by atoms with van der Waals surface area (Å²) in [5.41, 5.74) is 5.71. The zero-order valence-corrected chi connectivity index (χ0v) is 14.4. The number of nitrogens with zero attached hydrogens (tertiary/aromatic N) is 1. The van der Waals surface area contributed by atoms with Gasteiger partial charge in [-0.05, 0) is 20.3 Å². The van der Waals surface area contributed by atoms with Gasteiger partial charge in [-0.25, -0.2) is 13.2 Å². The predicted molar refractivity (Wildman–Crippen MR) is 83.9 cm³/mol. The average Bonchev–Trinajstić information content (AvgIpc) is 2.37. The number of carbonyl (C=O) groups excluding carboxylic acids is 2. The molecule has 0 aromatic heterocycles. The van der Waals surface area contributed by atoms with Gasteiger partial charge in [0.05, 0.1) is 11.8 Å². The number of esters is 1. The number of amides is 1. The third kappa shape index (κ3) is 8.21. The Morgan fingerprint density at radius 2 is 2.00 bits per heavy atom. The van der Waals surface area contributed by atoms with Crippen molar-refractivity contribution in [1.29, 1.82) is 5.26 Å². The van der Waals surface area contributed by atoms with Gasteiger partial charge >= 0.3 is 5.97 Å². The second-order valence-corrected chi connectivity index (χ2v) is 8.79. The molecule has 0 aromatic rings. The molecule has 0 saturated heterocycles. The van der Waals surface area contributed by atoms with Crippen molar-refractivity contribution in [2.75, 3.05) is 18.6 Å². The molecule has 0 bridgehead atoms. The van der Waals surface area contributed by atoms with Crippen LogP contribution in [0.25, 0.3) is 0 Å². The first kappa shape index (κ1) is 20.7. The maximum absolute atomic E-state index is 12.0. The first-order chi connectivity index (χ1) is 9.88. The Hall–Kier alpha value is -1.31. The van der Waals surface area contributed by atoms with Crippen LogP contribution in [0.1, 0.15) is 20.3 Å². The molecule has 0 spiro atoms. The van der Waals surface area contributed by atoms with Crippen LogP contribution in [0, 0.1) is 11.3 Å². The maximum atomic E-state index is 12.0. The monoisotopic (exact) mass is 351 g/mol. The van der Waals surface area contributed by atoms with E-state index >= 15 is 0 Å². The highest BCUT2D eigenvalue weighted by Crippen LogP contribution is 2.16. The van der Waals surface area contributed by atoms with Crippen LogP contribution in [0.15, 0.2) is 0 Å². The highest BCUT2D eigenvalue weighted by Gasteiger charge is 2.32. The van der Waals surface area contributed by atoms with Gasteiger partial charge in [0, 0.05) is 11.0 Å². The van der Waals surface area contributed by atoms with Gasteiger partial charge < -0.3 is 15.8 Å². The number of sulfone groups is 1. The van der Waals surface area contributed by atoms with Crippen molar-refractivity contribution >= 4 is 34.3 Å². The normalized spacial score (nSPS) is 14.5. The zero-order chi connectivity index (χ0) is 17.6. The Morgan fingerprint density at radius 3 is 2.41 bits per heavy atom. The van der Waals surface area contributed by atoms with Crippen molar-refractivity contribution in [1.82, 2.24) is 5.32 Å². The molecule has 8 nitrogen and oxygen atoms in total. The molecule has 0 saturated carbocycles. The molecule has 1 amide bonds. The topological polar surface area (TPSA) is 139 Å². The van der Waals surface area contributed by atoms with Gasteiger partial charge in [0.15, 0.2) is 6.61 Å². The van der Waals surface area contributed by atoms with E-state index in [4.69, 9.17) is 11.0 Å². The number of carbonyl (C=O) groups is 2. The summed E-state index contributed by atoms with van der Waals surface area (Å²) in [7, 11) is -3.33. The van der Waals surface area contributed by atoms with E-state index in [-0.39, 0.29) is 12.2 Å². The molecule has 0 radical (unpaired) electrons.